The van der Waals surface area contributed by atoms with Gasteiger partial charge in [0.05, 0.1) is 6.54 Å². The molecule has 0 spiro atoms. The van der Waals surface area contributed by atoms with Gasteiger partial charge in [-0.1, -0.05) is 31.1 Å². The summed E-state index contributed by atoms with van der Waals surface area (Å²) in [5, 5.41) is 10.6. The Morgan fingerprint density at radius 2 is 1.69 bits per heavy atom. The van der Waals surface area contributed by atoms with Crippen molar-refractivity contribution in [1.29, 1.82) is 5.41 Å². The molecule has 1 rings (SSSR count). The maximum atomic E-state index is 7.33. The van der Waals surface area contributed by atoms with Crippen molar-refractivity contribution in [3.8, 4) is 17.6 Å². The van der Waals surface area contributed by atoms with Crippen molar-refractivity contribution in [1.82, 2.24) is 5.32 Å². The van der Waals surface area contributed by atoms with Gasteiger partial charge < -0.3 is 27.3 Å². The first kappa shape index (κ1) is 21.3. The Bertz CT molecular complexity index is 611. The molecule has 0 saturated carbocycles. The van der Waals surface area contributed by atoms with Gasteiger partial charge in [-0.25, -0.2) is 0 Å². The number of ether oxygens (including phenoxy) is 1. The lowest BCUT2D eigenvalue weighted by molar-refractivity contribution is 0.370. The molecule has 0 aliphatic carbocycles. The van der Waals surface area contributed by atoms with Gasteiger partial charge in [-0.05, 0) is 43.7 Å². The van der Waals surface area contributed by atoms with Crippen molar-refractivity contribution in [2.75, 3.05) is 26.2 Å². The van der Waals surface area contributed by atoms with Crippen molar-refractivity contribution < 1.29 is 4.74 Å². The standard InChI is InChI=1S/C19H30N6O/c20-18(21)16-8-10-17(11-9-16)26-15-7-6-13-24-12-4-2-1-3-5-14-25-19(22)23/h8-11,24H,1-5,12-15H2,(H3,20,21)(H4,22,23,25). The summed E-state index contributed by atoms with van der Waals surface area (Å²) in [7, 11) is 0. The number of unbranched alkanes of at least 4 members (excludes halogenated alkanes) is 4. The minimum Gasteiger partial charge on any atom is -0.481 e. The van der Waals surface area contributed by atoms with E-state index in [-0.39, 0.29) is 11.8 Å². The number of benzene rings is 1. The zero-order valence-electron chi connectivity index (χ0n) is 15.3. The maximum Gasteiger partial charge on any atom is 0.185 e. The second-order valence-corrected chi connectivity index (χ2v) is 5.83. The smallest absolute Gasteiger partial charge is 0.185 e. The average Bonchev–Trinajstić information content (AvgIpc) is 2.62. The van der Waals surface area contributed by atoms with Gasteiger partial charge in [0.2, 0.25) is 0 Å². The summed E-state index contributed by atoms with van der Waals surface area (Å²) in [6, 6.07) is 7.09. The SMILES string of the molecule is N=C(N)c1ccc(OCC#CCNCCCCCCCN=C(N)N)cc1. The molecule has 0 aromatic heterocycles. The Morgan fingerprint density at radius 3 is 2.38 bits per heavy atom. The van der Waals surface area contributed by atoms with Crippen molar-refractivity contribution in [2.24, 2.45) is 22.2 Å². The van der Waals surface area contributed by atoms with E-state index in [2.05, 4.69) is 22.2 Å². The Kier molecular flexibility index (Phi) is 11.1. The number of guanidine groups is 1. The summed E-state index contributed by atoms with van der Waals surface area (Å²) in [6.45, 7) is 2.70. The van der Waals surface area contributed by atoms with E-state index in [1.807, 2.05) is 0 Å². The second kappa shape index (κ2) is 13.6. The molecule has 0 bridgehead atoms. The molecule has 0 fully saturated rings. The number of amidine groups is 1. The number of hydrogen-bond acceptors (Lipinski definition) is 4. The van der Waals surface area contributed by atoms with E-state index < -0.39 is 0 Å². The maximum absolute atomic E-state index is 7.33. The predicted octanol–water partition coefficient (Wildman–Crippen LogP) is 1.17. The minimum atomic E-state index is 0.0494. The molecule has 0 atom stereocenters. The molecule has 26 heavy (non-hydrogen) atoms. The van der Waals surface area contributed by atoms with Crippen LogP contribution in [0.25, 0.3) is 0 Å². The molecule has 0 heterocycles. The summed E-state index contributed by atoms with van der Waals surface area (Å²) in [5.74, 6) is 6.95. The first-order valence-electron chi connectivity index (χ1n) is 8.88. The van der Waals surface area contributed by atoms with E-state index in [1.165, 1.54) is 12.8 Å². The van der Waals surface area contributed by atoms with E-state index in [4.69, 9.17) is 27.3 Å². The zero-order chi connectivity index (χ0) is 19.0. The van der Waals surface area contributed by atoms with Crippen LogP contribution in [-0.2, 0) is 0 Å². The van der Waals surface area contributed by atoms with Crippen molar-refractivity contribution >= 4 is 11.8 Å². The van der Waals surface area contributed by atoms with Crippen LogP contribution in [0, 0.1) is 17.3 Å². The lowest BCUT2D eigenvalue weighted by atomic mass is 10.1. The fourth-order valence-electron chi connectivity index (χ4n) is 2.21. The monoisotopic (exact) mass is 358 g/mol. The highest BCUT2D eigenvalue weighted by Gasteiger charge is 1.96. The van der Waals surface area contributed by atoms with Crippen LogP contribution < -0.4 is 27.3 Å². The highest BCUT2D eigenvalue weighted by molar-refractivity contribution is 5.94. The minimum absolute atomic E-state index is 0.0494. The van der Waals surface area contributed by atoms with Crippen LogP contribution >= 0.6 is 0 Å². The third-order valence-corrected chi connectivity index (χ3v) is 3.62. The molecule has 7 heteroatoms. The number of rotatable bonds is 12. The fourth-order valence-corrected chi connectivity index (χ4v) is 2.21. The lowest BCUT2D eigenvalue weighted by Crippen LogP contribution is -2.22. The van der Waals surface area contributed by atoms with Crippen LogP contribution in [0.3, 0.4) is 0 Å². The molecule has 0 aliphatic heterocycles. The van der Waals surface area contributed by atoms with Gasteiger partial charge in [-0.3, -0.25) is 10.4 Å². The summed E-state index contributed by atoms with van der Waals surface area (Å²) in [5.41, 5.74) is 16.6. The van der Waals surface area contributed by atoms with E-state index in [0.717, 1.165) is 38.1 Å². The average molecular weight is 358 g/mol. The summed E-state index contributed by atoms with van der Waals surface area (Å²) in [6.07, 6.45) is 5.73. The zero-order valence-corrected chi connectivity index (χ0v) is 15.3. The van der Waals surface area contributed by atoms with E-state index >= 15 is 0 Å². The predicted molar refractivity (Wildman–Crippen MR) is 107 cm³/mol. The van der Waals surface area contributed by atoms with E-state index in [9.17, 15) is 0 Å². The molecular formula is C19H30N6O. The lowest BCUT2D eigenvalue weighted by Gasteiger charge is -2.03. The van der Waals surface area contributed by atoms with E-state index in [0.29, 0.717) is 18.7 Å². The molecule has 7 nitrogen and oxygen atoms in total. The third kappa shape index (κ3) is 10.9. The van der Waals surface area contributed by atoms with Gasteiger partial charge in [0.1, 0.15) is 18.2 Å². The molecule has 1 aromatic carbocycles. The van der Waals surface area contributed by atoms with Crippen molar-refractivity contribution in [3.05, 3.63) is 29.8 Å². The number of hydrogen-bond donors (Lipinski definition) is 5. The first-order valence-corrected chi connectivity index (χ1v) is 8.88. The van der Waals surface area contributed by atoms with Crippen LogP contribution in [0.5, 0.6) is 5.75 Å². The normalized spacial score (nSPS) is 9.85. The van der Waals surface area contributed by atoms with Crippen LogP contribution in [0.2, 0.25) is 0 Å². The largest absolute Gasteiger partial charge is 0.481 e. The first-order chi connectivity index (χ1) is 12.6. The summed E-state index contributed by atoms with van der Waals surface area (Å²) >= 11 is 0. The molecule has 0 amide bonds. The van der Waals surface area contributed by atoms with Crippen LogP contribution in [0.1, 0.15) is 37.7 Å². The Labute approximate surface area is 155 Å². The highest BCUT2D eigenvalue weighted by atomic mass is 16.5. The topological polar surface area (TPSA) is 136 Å². The van der Waals surface area contributed by atoms with Gasteiger partial charge in [-0.2, -0.15) is 0 Å². The highest BCUT2D eigenvalue weighted by Crippen LogP contribution is 2.11. The van der Waals surface area contributed by atoms with Gasteiger partial charge in [0.15, 0.2) is 5.96 Å². The summed E-state index contributed by atoms with van der Waals surface area (Å²) < 4.78 is 5.51. The third-order valence-electron chi connectivity index (χ3n) is 3.62. The van der Waals surface area contributed by atoms with Crippen molar-refractivity contribution in [2.45, 2.75) is 32.1 Å². The molecule has 0 radical (unpaired) electrons. The number of nitrogens with one attached hydrogen (secondary N) is 2. The molecule has 0 aliphatic rings. The van der Waals surface area contributed by atoms with Gasteiger partial charge in [0, 0.05) is 12.1 Å². The van der Waals surface area contributed by atoms with Gasteiger partial charge in [0.25, 0.3) is 0 Å². The number of nitrogen functional groups attached to an aromatic ring is 1. The quantitative estimate of drug-likeness (QED) is 0.165. The molecule has 8 N–H and O–H groups in total. The van der Waals surface area contributed by atoms with Gasteiger partial charge in [-0.15, -0.1) is 0 Å². The second-order valence-electron chi connectivity index (χ2n) is 5.83. The fraction of sp³-hybridized carbons (Fsp3) is 0.474. The molecule has 0 unspecified atom stereocenters. The summed E-state index contributed by atoms with van der Waals surface area (Å²) in [4.78, 5) is 3.96. The molecule has 1 aromatic rings. The van der Waals surface area contributed by atoms with Crippen LogP contribution in [0.4, 0.5) is 0 Å². The molecule has 142 valence electrons. The Morgan fingerprint density at radius 1 is 1.00 bits per heavy atom. The van der Waals surface area contributed by atoms with Crippen LogP contribution in [0.15, 0.2) is 29.3 Å². The van der Waals surface area contributed by atoms with Crippen LogP contribution in [-0.4, -0.2) is 38.0 Å². The molecule has 0 saturated heterocycles. The van der Waals surface area contributed by atoms with Gasteiger partial charge >= 0.3 is 0 Å². The number of nitrogens with zero attached hydrogens (tertiary/aromatic N) is 1. The number of aliphatic imine (C=N–C) groups is 1. The number of nitrogens with two attached hydrogens (primary N) is 3. The van der Waals surface area contributed by atoms with E-state index in [1.54, 1.807) is 24.3 Å². The Hall–Kier alpha value is -2.72. The van der Waals surface area contributed by atoms with Crippen molar-refractivity contribution in [3.63, 3.8) is 0 Å². The molecular weight excluding hydrogens is 328 g/mol. The Balaban J connectivity index is 1.96.